The molecular formula is C33H35Cl3N4O2. The zero-order valence-corrected chi connectivity index (χ0v) is 26.0. The molecule has 6 nitrogen and oxygen atoms in total. The summed E-state index contributed by atoms with van der Waals surface area (Å²) in [7, 11) is 0. The van der Waals surface area contributed by atoms with Crippen LogP contribution in [-0.2, 0) is 0 Å². The molecule has 220 valence electrons. The standard InChI is InChI=1S/C33H35Cl3N4O2/c1-2-42-29-21-26(36)13-14-28(29)32-37-30(22-5-9-24(34)10-6-22)31(23-7-11-25(35)12-8-23)40(32)33(41)39-19-15-27(16-20-39)38-17-3-4-18-38/h5-14,21,27,30-31H,2-4,15-20H2,1H3. The summed E-state index contributed by atoms with van der Waals surface area (Å²) < 4.78 is 6.03. The second-order valence-electron chi connectivity index (χ2n) is 11.1. The Hall–Kier alpha value is -2.77. The maximum atomic E-state index is 14.7. The van der Waals surface area contributed by atoms with Gasteiger partial charge in [-0.15, -0.1) is 0 Å². The highest BCUT2D eigenvalue weighted by Gasteiger charge is 2.45. The first-order chi connectivity index (χ1) is 20.4. The highest BCUT2D eigenvalue weighted by Crippen LogP contribution is 2.46. The molecule has 0 aromatic heterocycles. The van der Waals surface area contributed by atoms with Gasteiger partial charge in [0.1, 0.15) is 17.6 Å². The first-order valence-electron chi connectivity index (χ1n) is 14.8. The number of benzene rings is 3. The Balaban J connectivity index is 1.43. The van der Waals surface area contributed by atoms with Crippen LogP contribution in [0.3, 0.4) is 0 Å². The lowest BCUT2D eigenvalue weighted by molar-refractivity contribution is 0.117. The average Bonchev–Trinajstić information content (AvgIpc) is 3.67. The topological polar surface area (TPSA) is 48.4 Å². The summed E-state index contributed by atoms with van der Waals surface area (Å²) in [6, 6.07) is 20.6. The summed E-state index contributed by atoms with van der Waals surface area (Å²) in [5, 5.41) is 1.85. The molecule has 3 aliphatic rings. The van der Waals surface area contributed by atoms with Gasteiger partial charge in [0.05, 0.1) is 18.2 Å². The number of urea groups is 1. The minimum atomic E-state index is -0.396. The summed E-state index contributed by atoms with van der Waals surface area (Å²) in [5.41, 5.74) is 2.65. The zero-order chi connectivity index (χ0) is 29.2. The van der Waals surface area contributed by atoms with E-state index in [1.54, 1.807) is 6.07 Å². The van der Waals surface area contributed by atoms with Gasteiger partial charge < -0.3 is 14.5 Å². The molecule has 3 aromatic carbocycles. The van der Waals surface area contributed by atoms with Gasteiger partial charge in [-0.3, -0.25) is 9.89 Å². The largest absolute Gasteiger partial charge is 0.493 e. The number of likely N-dealkylation sites (tertiary alicyclic amines) is 2. The van der Waals surface area contributed by atoms with Crippen LogP contribution in [0, 0.1) is 0 Å². The van der Waals surface area contributed by atoms with Crippen LogP contribution in [0.4, 0.5) is 4.79 Å². The molecule has 3 aromatic rings. The van der Waals surface area contributed by atoms with E-state index >= 15 is 0 Å². The highest BCUT2D eigenvalue weighted by molar-refractivity contribution is 6.31. The molecule has 3 aliphatic heterocycles. The van der Waals surface area contributed by atoms with Crippen molar-refractivity contribution in [2.24, 2.45) is 4.99 Å². The van der Waals surface area contributed by atoms with Crippen molar-refractivity contribution in [3.05, 3.63) is 98.5 Å². The highest BCUT2D eigenvalue weighted by atomic mass is 35.5. The molecular weight excluding hydrogens is 591 g/mol. The molecule has 0 aliphatic carbocycles. The molecule has 6 rings (SSSR count). The number of carbonyl (C=O) groups excluding carboxylic acids is 1. The number of aliphatic imine (C=N–C) groups is 1. The smallest absolute Gasteiger partial charge is 0.326 e. The van der Waals surface area contributed by atoms with E-state index in [1.165, 1.54) is 25.9 Å². The maximum absolute atomic E-state index is 14.7. The zero-order valence-electron chi connectivity index (χ0n) is 23.7. The number of piperidine rings is 1. The first-order valence-corrected chi connectivity index (χ1v) is 15.9. The minimum absolute atomic E-state index is 0.0533. The number of rotatable bonds is 6. The fourth-order valence-corrected chi connectivity index (χ4v) is 6.91. The molecule has 0 radical (unpaired) electrons. The molecule has 0 N–H and O–H groups in total. The predicted molar refractivity (Wildman–Crippen MR) is 170 cm³/mol. The lowest BCUT2D eigenvalue weighted by atomic mass is 9.93. The SMILES string of the molecule is CCOc1cc(Cl)ccc1C1=NC(c2ccc(Cl)cc2)C(c2ccc(Cl)cc2)N1C(=O)N1CCC(N2CCCC2)CC1. The lowest BCUT2D eigenvalue weighted by Crippen LogP contribution is -2.52. The van der Waals surface area contributed by atoms with Gasteiger partial charge in [-0.25, -0.2) is 4.79 Å². The van der Waals surface area contributed by atoms with Gasteiger partial charge in [0.25, 0.3) is 0 Å². The van der Waals surface area contributed by atoms with Gasteiger partial charge in [0.2, 0.25) is 0 Å². The molecule has 2 amide bonds. The van der Waals surface area contributed by atoms with Crippen molar-refractivity contribution >= 4 is 46.7 Å². The van der Waals surface area contributed by atoms with Crippen molar-refractivity contribution < 1.29 is 9.53 Å². The fraction of sp³-hybridized carbons (Fsp3) is 0.394. The van der Waals surface area contributed by atoms with Crippen LogP contribution in [0.15, 0.2) is 71.7 Å². The Morgan fingerprint density at radius 3 is 2.05 bits per heavy atom. The first kappa shape index (κ1) is 29.3. The number of amides is 2. The van der Waals surface area contributed by atoms with Crippen molar-refractivity contribution in [2.45, 2.75) is 50.7 Å². The summed E-state index contributed by atoms with van der Waals surface area (Å²) in [5.74, 6) is 1.17. The number of hydrogen-bond acceptors (Lipinski definition) is 4. The van der Waals surface area contributed by atoms with Crippen molar-refractivity contribution in [1.82, 2.24) is 14.7 Å². The molecule has 3 heterocycles. The van der Waals surface area contributed by atoms with Crippen LogP contribution in [0.1, 0.15) is 61.4 Å². The average molecular weight is 626 g/mol. The molecule has 2 saturated heterocycles. The molecule has 2 unspecified atom stereocenters. The van der Waals surface area contributed by atoms with Crippen molar-refractivity contribution in [3.8, 4) is 5.75 Å². The Labute approximate surface area is 262 Å². The summed E-state index contributed by atoms with van der Waals surface area (Å²) in [6.45, 7) is 6.14. The van der Waals surface area contributed by atoms with E-state index in [-0.39, 0.29) is 12.1 Å². The summed E-state index contributed by atoms with van der Waals surface area (Å²) >= 11 is 19.0. The Kier molecular flexibility index (Phi) is 8.96. The maximum Gasteiger partial charge on any atom is 0.326 e. The van der Waals surface area contributed by atoms with Crippen LogP contribution < -0.4 is 4.74 Å². The van der Waals surface area contributed by atoms with Gasteiger partial charge in [0, 0.05) is 34.2 Å². The molecule has 2 atom stereocenters. The number of carbonyl (C=O) groups is 1. The van der Waals surface area contributed by atoms with E-state index in [0.29, 0.717) is 52.4 Å². The molecule has 9 heteroatoms. The van der Waals surface area contributed by atoms with Crippen LogP contribution >= 0.6 is 34.8 Å². The third-order valence-electron chi connectivity index (χ3n) is 8.57. The monoisotopic (exact) mass is 624 g/mol. The summed E-state index contributed by atoms with van der Waals surface area (Å²) in [4.78, 5) is 26.4. The van der Waals surface area contributed by atoms with Crippen LogP contribution in [0.2, 0.25) is 15.1 Å². The second kappa shape index (κ2) is 12.8. The molecule has 2 fully saturated rings. The van der Waals surface area contributed by atoms with Crippen molar-refractivity contribution in [2.75, 3.05) is 32.8 Å². The fourth-order valence-electron chi connectivity index (χ4n) is 6.49. The summed E-state index contributed by atoms with van der Waals surface area (Å²) in [6.07, 6.45) is 4.49. The van der Waals surface area contributed by atoms with Gasteiger partial charge in [-0.1, -0.05) is 59.1 Å². The van der Waals surface area contributed by atoms with E-state index in [0.717, 1.165) is 29.5 Å². The van der Waals surface area contributed by atoms with E-state index < -0.39 is 6.04 Å². The molecule has 0 saturated carbocycles. The van der Waals surface area contributed by atoms with E-state index in [4.69, 9.17) is 44.5 Å². The van der Waals surface area contributed by atoms with Crippen molar-refractivity contribution in [3.63, 3.8) is 0 Å². The molecule has 0 bridgehead atoms. The Morgan fingerprint density at radius 2 is 1.43 bits per heavy atom. The number of ether oxygens (including phenoxy) is 1. The normalized spacial score (nSPS) is 21.6. The van der Waals surface area contributed by atoms with Gasteiger partial charge in [0.15, 0.2) is 0 Å². The molecule has 42 heavy (non-hydrogen) atoms. The number of nitrogens with zero attached hydrogens (tertiary/aromatic N) is 4. The van der Waals surface area contributed by atoms with E-state index in [9.17, 15) is 4.79 Å². The number of halogens is 3. The minimum Gasteiger partial charge on any atom is -0.493 e. The Bertz CT molecular complexity index is 1430. The third kappa shape index (κ3) is 6.00. The van der Waals surface area contributed by atoms with Crippen LogP contribution in [0.5, 0.6) is 5.75 Å². The number of amidine groups is 1. The second-order valence-corrected chi connectivity index (χ2v) is 12.4. The van der Waals surface area contributed by atoms with E-state index in [2.05, 4.69) is 4.90 Å². The third-order valence-corrected chi connectivity index (χ3v) is 9.31. The molecule has 0 spiro atoms. The van der Waals surface area contributed by atoms with Crippen molar-refractivity contribution in [1.29, 1.82) is 0 Å². The predicted octanol–water partition coefficient (Wildman–Crippen LogP) is 8.27. The Morgan fingerprint density at radius 1 is 0.833 bits per heavy atom. The van der Waals surface area contributed by atoms with E-state index in [1.807, 2.05) is 77.4 Å². The van der Waals surface area contributed by atoms with Crippen LogP contribution in [0.25, 0.3) is 0 Å². The van der Waals surface area contributed by atoms with Gasteiger partial charge in [-0.05, 0) is 99.3 Å². The van der Waals surface area contributed by atoms with Crippen LogP contribution in [-0.4, -0.2) is 65.4 Å². The quantitative estimate of drug-likeness (QED) is 0.277. The van der Waals surface area contributed by atoms with Gasteiger partial charge >= 0.3 is 6.03 Å². The van der Waals surface area contributed by atoms with Gasteiger partial charge in [-0.2, -0.15) is 0 Å². The number of hydrogen-bond donors (Lipinski definition) is 0. The lowest BCUT2D eigenvalue weighted by Gasteiger charge is -2.40.